The Hall–Kier alpha value is -0.940. The summed E-state index contributed by atoms with van der Waals surface area (Å²) in [6.07, 6.45) is 25.1. The molecule has 1 unspecified atom stereocenters. The van der Waals surface area contributed by atoms with Gasteiger partial charge in [0.25, 0.3) is 0 Å². The van der Waals surface area contributed by atoms with E-state index in [0.717, 1.165) is 19.3 Å². The van der Waals surface area contributed by atoms with Gasteiger partial charge in [-0.3, -0.25) is 4.79 Å². The van der Waals surface area contributed by atoms with Crippen molar-refractivity contribution in [2.24, 2.45) is 5.92 Å². The van der Waals surface area contributed by atoms with Crippen LogP contribution in [0.15, 0.2) is 0 Å². The molecule has 0 amide bonds. The minimum absolute atomic E-state index is 0.303. The van der Waals surface area contributed by atoms with Gasteiger partial charge in [0.1, 0.15) is 6.29 Å². The van der Waals surface area contributed by atoms with Crippen LogP contribution >= 0.6 is 7.26 Å². The van der Waals surface area contributed by atoms with Crippen molar-refractivity contribution in [3.05, 3.63) is 0 Å². The number of rotatable bonds is 21. The molecule has 0 saturated carbocycles. The monoisotopic (exact) mass is 485 g/mol. The second-order valence-corrected chi connectivity index (χ2v) is 14.6. The number of nitrogens with zero attached hydrogens (tertiary/aromatic N) is 1. The summed E-state index contributed by atoms with van der Waals surface area (Å²) in [5, 5.41) is 8.41. The molecule has 1 atom stereocenters. The third-order valence-electron chi connectivity index (χ3n) is 6.51. The first kappa shape index (κ1) is 34.2. The molecule has 0 radical (unpaired) electrons. The van der Waals surface area contributed by atoms with Gasteiger partial charge >= 0.3 is 117 Å². The summed E-state index contributed by atoms with van der Waals surface area (Å²) in [5.41, 5.74) is 0. The van der Waals surface area contributed by atoms with E-state index in [0.29, 0.717) is 12.9 Å². The number of carbonyl (C=O) groups excluding carboxylic acids is 2. The Kier molecular flexibility index (Phi) is 26.6. The summed E-state index contributed by atoms with van der Waals surface area (Å²) in [7, 11) is -0.879. The van der Waals surface area contributed by atoms with E-state index in [9.17, 15) is 9.59 Å². The average Bonchev–Trinajstić information content (AvgIpc) is 2.83. The van der Waals surface area contributed by atoms with E-state index in [4.69, 9.17) is 10.00 Å². The molecule has 0 spiro atoms. The Morgan fingerprint density at radius 1 is 0.727 bits per heavy atom. The van der Waals surface area contributed by atoms with Crippen LogP contribution in [-0.2, 0) is 14.3 Å². The number of hydrogen-bond donors (Lipinski definition) is 0. The van der Waals surface area contributed by atoms with Crippen LogP contribution in [0, 0.1) is 17.2 Å². The number of esters is 1. The second kappa shape index (κ2) is 25.7. The molecular formula is C28H56NO3P. The first-order valence-electron chi connectivity index (χ1n) is 14.0. The van der Waals surface area contributed by atoms with Gasteiger partial charge in [-0.2, -0.15) is 5.26 Å². The van der Waals surface area contributed by atoms with E-state index < -0.39 is 19.1 Å². The fourth-order valence-electron chi connectivity index (χ4n) is 4.24. The predicted molar refractivity (Wildman–Crippen MR) is 147 cm³/mol. The van der Waals surface area contributed by atoms with Crippen LogP contribution in [0.5, 0.6) is 0 Å². The predicted octanol–water partition coefficient (Wildman–Crippen LogP) is 8.17. The molecule has 0 aliphatic rings. The molecular weight excluding hydrogens is 429 g/mol. The van der Waals surface area contributed by atoms with Crippen LogP contribution in [-0.4, -0.2) is 43.5 Å². The van der Waals surface area contributed by atoms with Gasteiger partial charge in [-0.25, -0.2) is 0 Å². The molecule has 0 fully saturated rings. The molecule has 4 nitrogen and oxygen atoms in total. The Morgan fingerprint density at radius 3 is 1.48 bits per heavy atom. The van der Waals surface area contributed by atoms with Gasteiger partial charge in [-0.1, -0.05) is 39.0 Å². The van der Waals surface area contributed by atoms with E-state index in [1.807, 2.05) is 0 Å². The summed E-state index contributed by atoms with van der Waals surface area (Å²) in [6.45, 7) is 11.9. The zero-order valence-electron chi connectivity index (χ0n) is 22.8. The van der Waals surface area contributed by atoms with Crippen LogP contribution in [0.2, 0.25) is 0 Å². The number of nitriles is 1. The fraction of sp³-hybridized carbons (Fsp3) is 0.893. The van der Waals surface area contributed by atoms with Crippen LogP contribution in [0.4, 0.5) is 0 Å². The van der Waals surface area contributed by atoms with Crippen LogP contribution < -0.4 is 0 Å². The molecule has 0 aromatic rings. The molecule has 0 aromatic heterocycles. The van der Waals surface area contributed by atoms with Crippen LogP contribution in [0.1, 0.15) is 125 Å². The summed E-state index contributed by atoms with van der Waals surface area (Å²) >= 11 is 0. The van der Waals surface area contributed by atoms with Gasteiger partial charge in [0, 0.05) is 0 Å². The normalized spacial score (nSPS) is 12.2. The topological polar surface area (TPSA) is 67.2 Å². The Labute approximate surface area is 207 Å². The van der Waals surface area contributed by atoms with E-state index in [1.165, 1.54) is 70.6 Å². The zero-order valence-corrected chi connectivity index (χ0v) is 23.8. The van der Waals surface area contributed by atoms with Crippen molar-refractivity contribution in [3.63, 3.8) is 0 Å². The van der Waals surface area contributed by atoms with Crippen LogP contribution in [0.3, 0.4) is 0 Å². The van der Waals surface area contributed by atoms with E-state index in [1.54, 1.807) is 30.7 Å². The molecule has 0 bridgehead atoms. The molecule has 0 N–H and O–H groups in total. The molecule has 0 rings (SSSR count). The van der Waals surface area contributed by atoms with Crippen LogP contribution in [0.25, 0.3) is 0 Å². The Morgan fingerprint density at radius 2 is 1.12 bits per heavy atom. The molecule has 0 aliphatic heterocycles. The third-order valence-corrected chi connectivity index (χ3v) is 12.2. The summed E-state index contributed by atoms with van der Waals surface area (Å²) in [5.74, 6) is -1.99. The molecule has 0 saturated heterocycles. The number of aldehydes is 1. The average molecular weight is 486 g/mol. The third kappa shape index (κ3) is 20.2. The number of unbranched alkanes of at least 4 members (excludes halogenated alkanes) is 9. The first-order valence-corrected chi connectivity index (χ1v) is 16.8. The van der Waals surface area contributed by atoms with Gasteiger partial charge < -0.3 is 9.53 Å². The molecule has 0 aromatic carbocycles. The summed E-state index contributed by atoms with van der Waals surface area (Å²) < 4.78 is 4.80. The fourth-order valence-corrected chi connectivity index (χ4v) is 10.2. The van der Waals surface area contributed by atoms with E-state index >= 15 is 0 Å². The van der Waals surface area contributed by atoms with Gasteiger partial charge in [0.05, 0.1) is 12.7 Å². The zero-order chi connectivity index (χ0) is 25.2. The molecule has 5 heteroatoms. The molecule has 33 heavy (non-hydrogen) atoms. The van der Waals surface area contributed by atoms with E-state index in [2.05, 4.69) is 34.6 Å². The van der Waals surface area contributed by atoms with Crippen molar-refractivity contribution >= 4 is 19.5 Å². The van der Waals surface area contributed by atoms with Crippen molar-refractivity contribution in [2.45, 2.75) is 125 Å². The van der Waals surface area contributed by atoms with Gasteiger partial charge in [0.15, 0.2) is 5.92 Å². The number of hydrogen-bond acceptors (Lipinski definition) is 4. The van der Waals surface area contributed by atoms with Gasteiger partial charge in [-0.05, 0) is 6.42 Å². The Balaban J connectivity index is 0. The second-order valence-electron chi connectivity index (χ2n) is 9.59. The molecule has 0 aliphatic carbocycles. The van der Waals surface area contributed by atoms with Crippen molar-refractivity contribution in [1.82, 2.24) is 0 Å². The van der Waals surface area contributed by atoms with Crippen molar-refractivity contribution in [3.8, 4) is 6.07 Å². The molecule has 0 heterocycles. The number of ether oxygens (including phenoxy) is 1. The van der Waals surface area contributed by atoms with Gasteiger partial charge in [-0.15, -0.1) is 0 Å². The minimum atomic E-state index is -1.26. The first-order chi connectivity index (χ1) is 16.0. The summed E-state index contributed by atoms with van der Waals surface area (Å²) in [6, 6.07) is 1.58. The maximum atomic E-state index is 11.1. The number of carbonyl (C=O) groups is 2. The van der Waals surface area contributed by atoms with Crippen molar-refractivity contribution in [1.29, 1.82) is 5.26 Å². The molecule has 196 valence electrons. The standard InChI is InChI=1S/C16H37P.C12H19NO3/c1-5-9-13-17(14-10-6-2,15-11-7-3)16-12-8-4;1-2-3-4-5-6-7-8-16-12(15)11(9-13)10-14/h17H,5-16H2,1-4H3;10-11H,2-8H2,1H3. The summed E-state index contributed by atoms with van der Waals surface area (Å²) in [4.78, 5) is 21.3. The quantitative estimate of drug-likeness (QED) is 0.0540. The van der Waals surface area contributed by atoms with E-state index in [-0.39, 0.29) is 0 Å². The van der Waals surface area contributed by atoms with Crippen molar-refractivity contribution < 1.29 is 14.3 Å². The maximum absolute atomic E-state index is 11.1. The Bertz CT molecular complexity index is 453. The van der Waals surface area contributed by atoms with Gasteiger partial charge in [0.2, 0.25) is 0 Å². The van der Waals surface area contributed by atoms with Crippen molar-refractivity contribution in [2.75, 3.05) is 31.3 Å². The SMILES string of the molecule is CCCCCCCCOC(=O)C(C#N)C=O.CCCC[PH](CCCC)(CCCC)CCCC.